The van der Waals surface area contributed by atoms with E-state index < -0.39 is 5.41 Å². The molecule has 21 heavy (non-hydrogen) atoms. The quantitative estimate of drug-likeness (QED) is 0.608. The number of likely N-dealkylation sites (N-methyl/N-ethyl adjacent to an activating group) is 1. The summed E-state index contributed by atoms with van der Waals surface area (Å²) >= 11 is 5.25. The highest BCUT2D eigenvalue weighted by molar-refractivity contribution is 7.80. The Morgan fingerprint density at radius 3 is 2.00 bits per heavy atom. The molecule has 0 rings (SSSR count). The molecule has 124 valence electrons. The molecule has 0 fully saturated rings. The van der Waals surface area contributed by atoms with Crippen LogP contribution in [0.3, 0.4) is 0 Å². The number of thiocarbonyl (C=S) groups is 1. The number of carbonyl (C=O) groups is 1. The number of hydrogen-bond donors (Lipinski definition) is 2. The largest absolute Gasteiger partial charge is 0.392 e. The first-order valence-corrected chi connectivity index (χ1v) is 8.37. The van der Waals surface area contributed by atoms with Gasteiger partial charge in [-0.15, -0.1) is 0 Å². The zero-order chi connectivity index (χ0) is 16.6. The van der Waals surface area contributed by atoms with Gasteiger partial charge in [0.1, 0.15) is 0 Å². The van der Waals surface area contributed by atoms with Crippen molar-refractivity contribution in [1.82, 2.24) is 10.2 Å². The molecule has 0 radical (unpaired) electrons. The molecular weight excluding hydrogens is 282 g/mol. The fraction of sp³-hybridized carbons (Fsp3) is 0.875. The second-order valence-corrected chi connectivity index (χ2v) is 6.97. The summed E-state index contributed by atoms with van der Waals surface area (Å²) in [6.45, 7) is 9.19. The van der Waals surface area contributed by atoms with Gasteiger partial charge in [-0.3, -0.25) is 4.79 Å². The van der Waals surface area contributed by atoms with Crippen LogP contribution in [0.2, 0.25) is 0 Å². The van der Waals surface area contributed by atoms with Gasteiger partial charge in [0.25, 0.3) is 0 Å². The van der Waals surface area contributed by atoms with Crippen molar-refractivity contribution < 1.29 is 4.79 Å². The van der Waals surface area contributed by atoms with E-state index in [9.17, 15) is 4.79 Å². The molecular formula is C16H33N3OS. The fourth-order valence-corrected chi connectivity index (χ4v) is 2.98. The first-order valence-electron chi connectivity index (χ1n) is 7.96. The summed E-state index contributed by atoms with van der Waals surface area (Å²) in [6.07, 6.45) is 3.22. The third-order valence-corrected chi connectivity index (χ3v) is 4.33. The molecule has 5 heteroatoms. The van der Waals surface area contributed by atoms with E-state index in [0.29, 0.717) is 10.9 Å². The summed E-state index contributed by atoms with van der Waals surface area (Å²) in [5.74, 6) is 0.364. The summed E-state index contributed by atoms with van der Waals surface area (Å²) in [4.78, 5) is 15.3. The molecule has 0 aromatic rings. The molecule has 0 aliphatic heterocycles. The zero-order valence-corrected chi connectivity index (χ0v) is 15.3. The molecule has 0 saturated carbocycles. The van der Waals surface area contributed by atoms with Crippen LogP contribution in [0.25, 0.3) is 0 Å². The SMILES string of the molecule is CCCC(CCC)(C(=O)NC(CN(C)C)C(C)C)C(N)=S. The van der Waals surface area contributed by atoms with Crippen LogP contribution in [0.15, 0.2) is 0 Å². The van der Waals surface area contributed by atoms with Gasteiger partial charge in [0, 0.05) is 12.6 Å². The van der Waals surface area contributed by atoms with Crippen molar-refractivity contribution in [1.29, 1.82) is 0 Å². The predicted molar refractivity (Wildman–Crippen MR) is 94.4 cm³/mol. The molecule has 0 aliphatic carbocycles. The Labute approximate surface area is 135 Å². The van der Waals surface area contributed by atoms with Crippen molar-refractivity contribution in [2.45, 2.75) is 59.4 Å². The normalized spacial score (nSPS) is 13.5. The molecule has 4 nitrogen and oxygen atoms in total. The number of rotatable bonds is 10. The summed E-state index contributed by atoms with van der Waals surface area (Å²) in [7, 11) is 4.03. The lowest BCUT2D eigenvalue weighted by Crippen LogP contribution is -2.54. The van der Waals surface area contributed by atoms with Crippen LogP contribution in [0, 0.1) is 11.3 Å². The second kappa shape index (κ2) is 9.36. The van der Waals surface area contributed by atoms with Crippen molar-refractivity contribution in [3.8, 4) is 0 Å². The van der Waals surface area contributed by atoms with Gasteiger partial charge in [0.2, 0.25) is 5.91 Å². The Morgan fingerprint density at radius 2 is 1.71 bits per heavy atom. The van der Waals surface area contributed by atoms with Crippen molar-refractivity contribution in [2.75, 3.05) is 20.6 Å². The number of nitrogens with one attached hydrogen (secondary N) is 1. The third-order valence-electron chi connectivity index (χ3n) is 3.94. The van der Waals surface area contributed by atoms with Crippen molar-refractivity contribution in [3.05, 3.63) is 0 Å². The second-order valence-electron chi connectivity index (χ2n) is 6.53. The van der Waals surface area contributed by atoms with Gasteiger partial charge >= 0.3 is 0 Å². The molecule has 1 amide bonds. The third kappa shape index (κ3) is 5.91. The smallest absolute Gasteiger partial charge is 0.233 e. The van der Waals surface area contributed by atoms with Gasteiger partial charge in [0.15, 0.2) is 0 Å². The monoisotopic (exact) mass is 315 g/mol. The van der Waals surface area contributed by atoms with E-state index in [-0.39, 0.29) is 11.9 Å². The van der Waals surface area contributed by atoms with E-state index in [1.54, 1.807) is 0 Å². The molecule has 0 aliphatic rings. The Morgan fingerprint density at radius 1 is 1.24 bits per heavy atom. The minimum Gasteiger partial charge on any atom is -0.392 e. The molecule has 0 aromatic carbocycles. The van der Waals surface area contributed by atoms with Crippen LogP contribution in [-0.4, -0.2) is 42.5 Å². The molecule has 0 heterocycles. The van der Waals surface area contributed by atoms with Crippen LogP contribution in [0.1, 0.15) is 53.4 Å². The number of hydrogen-bond acceptors (Lipinski definition) is 3. The summed E-state index contributed by atoms with van der Waals surface area (Å²) in [6, 6.07) is 0.106. The molecule has 1 atom stereocenters. The van der Waals surface area contributed by atoms with Crippen LogP contribution in [0.5, 0.6) is 0 Å². The highest BCUT2D eigenvalue weighted by Crippen LogP contribution is 2.31. The maximum Gasteiger partial charge on any atom is 0.233 e. The Hall–Kier alpha value is -0.680. The lowest BCUT2D eigenvalue weighted by Gasteiger charge is -2.34. The lowest BCUT2D eigenvalue weighted by molar-refractivity contribution is -0.129. The van der Waals surface area contributed by atoms with Crippen LogP contribution < -0.4 is 11.1 Å². The Kier molecular flexibility index (Phi) is 9.06. The topological polar surface area (TPSA) is 58.4 Å². The standard InChI is InChI=1S/C16H33N3OS/c1-7-9-16(10-8-2,14(17)21)15(20)18-13(12(3)4)11-19(5)6/h12-13H,7-11H2,1-6H3,(H2,17,21)(H,18,20). The number of carbonyl (C=O) groups excluding carboxylic acids is 1. The summed E-state index contributed by atoms with van der Waals surface area (Å²) in [5, 5.41) is 3.19. The number of nitrogens with zero attached hydrogens (tertiary/aromatic N) is 1. The van der Waals surface area contributed by atoms with Gasteiger partial charge in [-0.2, -0.15) is 0 Å². The van der Waals surface area contributed by atoms with Crippen LogP contribution in [-0.2, 0) is 4.79 Å². The molecule has 3 N–H and O–H groups in total. The van der Waals surface area contributed by atoms with Crippen molar-refractivity contribution in [2.24, 2.45) is 17.1 Å². The maximum atomic E-state index is 12.9. The average molecular weight is 316 g/mol. The lowest BCUT2D eigenvalue weighted by atomic mass is 9.77. The van der Waals surface area contributed by atoms with Gasteiger partial charge in [-0.1, -0.05) is 52.8 Å². The molecule has 0 saturated heterocycles. The van der Waals surface area contributed by atoms with E-state index in [1.807, 2.05) is 14.1 Å². The molecule has 0 spiro atoms. The minimum absolute atomic E-state index is 0.000694. The number of amides is 1. The maximum absolute atomic E-state index is 12.9. The van der Waals surface area contributed by atoms with Crippen LogP contribution in [0.4, 0.5) is 0 Å². The first-order chi connectivity index (χ1) is 9.71. The van der Waals surface area contributed by atoms with E-state index in [4.69, 9.17) is 18.0 Å². The molecule has 1 unspecified atom stereocenters. The van der Waals surface area contributed by atoms with E-state index in [0.717, 1.165) is 32.2 Å². The summed E-state index contributed by atoms with van der Waals surface area (Å²) in [5.41, 5.74) is 5.26. The van der Waals surface area contributed by atoms with Gasteiger partial charge in [-0.05, 0) is 32.9 Å². The molecule has 0 bridgehead atoms. The van der Waals surface area contributed by atoms with Gasteiger partial charge < -0.3 is 16.0 Å². The van der Waals surface area contributed by atoms with Crippen LogP contribution >= 0.6 is 12.2 Å². The highest BCUT2D eigenvalue weighted by atomic mass is 32.1. The molecule has 0 aromatic heterocycles. The van der Waals surface area contributed by atoms with Crippen molar-refractivity contribution in [3.63, 3.8) is 0 Å². The fourth-order valence-electron chi connectivity index (χ4n) is 2.69. The summed E-state index contributed by atoms with van der Waals surface area (Å²) < 4.78 is 0. The highest BCUT2D eigenvalue weighted by Gasteiger charge is 2.40. The predicted octanol–water partition coefficient (Wildman–Crippen LogP) is 2.56. The zero-order valence-electron chi connectivity index (χ0n) is 14.5. The number of nitrogens with two attached hydrogens (primary N) is 1. The van der Waals surface area contributed by atoms with Crippen molar-refractivity contribution >= 4 is 23.1 Å². The van der Waals surface area contributed by atoms with E-state index >= 15 is 0 Å². The Balaban J connectivity index is 5.22. The van der Waals surface area contributed by atoms with E-state index in [1.165, 1.54) is 0 Å². The van der Waals surface area contributed by atoms with Gasteiger partial charge in [0.05, 0.1) is 10.4 Å². The first kappa shape index (κ1) is 20.3. The minimum atomic E-state index is -0.696. The van der Waals surface area contributed by atoms with E-state index in [2.05, 4.69) is 37.9 Å². The average Bonchev–Trinajstić information content (AvgIpc) is 2.36. The Bertz CT molecular complexity index is 336. The van der Waals surface area contributed by atoms with Gasteiger partial charge in [-0.25, -0.2) is 0 Å².